The van der Waals surface area contributed by atoms with E-state index < -0.39 is 0 Å². The van der Waals surface area contributed by atoms with Gasteiger partial charge in [0.1, 0.15) is 11.9 Å². The summed E-state index contributed by atoms with van der Waals surface area (Å²) in [7, 11) is 1.95. The largest absolute Gasteiger partial charge is 0.352 e. The fourth-order valence-corrected chi connectivity index (χ4v) is 1.57. The zero-order chi connectivity index (χ0) is 9.97. The van der Waals surface area contributed by atoms with Crippen molar-refractivity contribution in [2.24, 2.45) is 0 Å². The second-order valence-corrected chi connectivity index (χ2v) is 3.38. The molecule has 0 atom stereocenters. The summed E-state index contributed by atoms with van der Waals surface area (Å²) in [6.45, 7) is 1.87. The smallest absolute Gasteiger partial charge is 0.146 e. The first-order chi connectivity index (χ1) is 6.85. The third-order valence-electron chi connectivity index (χ3n) is 2.50. The number of rotatable bonds is 2. The average Bonchev–Trinajstić information content (AvgIpc) is 2.17. The van der Waals surface area contributed by atoms with E-state index in [2.05, 4.69) is 21.3 Å². The van der Waals surface area contributed by atoms with Gasteiger partial charge in [-0.15, -0.1) is 0 Å². The fourth-order valence-electron chi connectivity index (χ4n) is 1.57. The minimum atomic E-state index is 0.531. The van der Waals surface area contributed by atoms with Crippen LogP contribution in [0.5, 0.6) is 0 Å². The Morgan fingerprint density at radius 3 is 3.07 bits per heavy atom. The number of aromatic nitrogens is 1. The van der Waals surface area contributed by atoms with Gasteiger partial charge in [0.2, 0.25) is 0 Å². The van der Waals surface area contributed by atoms with Gasteiger partial charge in [0.05, 0.1) is 5.56 Å². The Morgan fingerprint density at radius 2 is 2.43 bits per heavy atom. The van der Waals surface area contributed by atoms with E-state index in [4.69, 9.17) is 5.26 Å². The first-order valence-corrected chi connectivity index (χ1v) is 4.62. The van der Waals surface area contributed by atoms with Crippen LogP contribution in [-0.2, 0) is 0 Å². The monoisotopic (exact) mass is 188 g/mol. The summed E-state index contributed by atoms with van der Waals surface area (Å²) in [5, 5.41) is 12.1. The summed E-state index contributed by atoms with van der Waals surface area (Å²) in [4.78, 5) is 6.33. The molecule has 14 heavy (non-hydrogen) atoms. The molecular weight excluding hydrogens is 176 g/mol. The number of hydrogen-bond acceptors (Lipinski definition) is 4. The van der Waals surface area contributed by atoms with Gasteiger partial charge in [-0.2, -0.15) is 5.26 Å². The lowest BCUT2D eigenvalue weighted by Crippen LogP contribution is -2.57. The molecule has 0 aromatic carbocycles. The lowest BCUT2D eigenvalue weighted by atomic mass is 10.1. The van der Waals surface area contributed by atoms with Crippen LogP contribution in [0.4, 0.5) is 5.82 Å². The van der Waals surface area contributed by atoms with Crippen LogP contribution in [-0.4, -0.2) is 31.2 Å². The summed E-state index contributed by atoms with van der Waals surface area (Å²) in [6.07, 6.45) is 1.73. The number of hydrogen-bond donors (Lipinski definition) is 1. The molecule has 4 heteroatoms. The standard InChI is InChI=1S/C10H12N4/c1-12-9-6-14(7-9)10-8(5-11)3-2-4-13-10/h2-4,9,12H,6-7H2,1H3. The van der Waals surface area contributed by atoms with E-state index in [0.29, 0.717) is 11.6 Å². The Hall–Kier alpha value is -1.60. The van der Waals surface area contributed by atoms with Crippen LogP contribution < -0.4 is 10.2 Å². The number of nitrogens with zero attached hydrogens (tertiary/aromatic N) is 3. The minimum Gasteiger partial charge on any atom is -0.352 e. The lowest BCUT2D eigenvalue weighted by molar-refractivity contribution is 0.447. The zero-order valence-electron chi connectivity index (χ0n) is 8.07. The average molecular weight is 188 g/mol. The molecule has 1 aliphatic heterocycles. The number of nitrogens with one attached hydrogen (secondary N) is 1. The molecule has 1 saturated heterocycles. The molecule has 0 bridgehead atoms. The van der Waals surface area contributed by atoms with E-state index in [9.17, 15) is 0 Å². The van der Waals surface area contributed by atoms with Crippen LogP contribution in [0.3, 0.4) is 0 Å². The van der Waals surface area contributed by atoms with Crippen molar-refractivity contribution in [1.29, 1.82) is 5.26 Å². The normalized spacial score (nSPS) is 16.1. The van der Waals surface area contributed by atoms with Crippen molar-refractivity contribution in [3.63, 3.8) is 0 Å². The first-order valence-electron chi connectivity index (χ1n) is 4.62. The SMILES string of the molecule is CNC1CN(c2ncccc2C#N)C1. The third kappa shape index (κ3) is 1.42. The summed E-state index contributed by atoms with van der Waals surface area (Å²) >= 11 is 0. The number of likely N-dealkylation sites (N-methyl/N-ethyl adjacent to an activating group) is 1. The van der Waals surface area contributed by atoms with E-state index >= 15 is 0 Å². The van der Waals surface area contributed by atoms with Gasteiger partial charge in [0, 0.05) is 25.3 Å². The molecule has 2 heterocycles. The van der Waals surface area contributed by atoms with Gasteiger partial charge in [-0.25, -0.2) is 4.98 Å². The summed E-state index contributed by atoms with van der Waals surface area (Å²) < 4.78 is 0. The molecule has 0 spiro atoms. The summed E-state index contributed by atoms with van der Waals surface area (Å²) in [5.74, 6) is 0.807. The molecule has 1 N–H and O–H groups in total. The van der Waals surface area contributed by atoms with Gasteiger partial charge in [-0.1, -0.05) is 0 Å². The molecule has 0 unspecified atom stereocenters. The molecule has 4 nitrogen and oxygen atoms in total. The van der Waals surface area contributed by atoms with Gasteiger partial charge < -0.3 is 10.2 Å². The van der Waals surface area contributed by atoms with Gasteiger partial charge >= 0.3 is 0 Å². The molecule has 0 amide bonds. The fraction of sp³-hybridized carbons (Fsp3) is 0.400. The van der Waals surface area contributed by atoms with E-state index in [-0.39, 0.29) is 0 Å². The van der Waals surface area contributed by atoms with E-state index in [1.54, 1.807) is 18.3 Å². The Labute approximate surface area is 83.2 Å². The Kier molecular flexibility index (Phi) is 2.33. The van der Waals surface area contributed by atoms with Crippen molar-refractivity contribution < 1.29 is 0 Å². The van der Waals surface area contributed by atoms with E-state index in [1.807, 2.05) is 7.05 Å². The van der Waals surface area contributed by atoms with Gasteiger partial charge in [0.15, 0.2) is 0 Å². The second-order valence-electron chi connectivity index (χ2n) is 3.38. The predicted octanol–water partition coefficient (Wildman–Crippen LogP) is 0.361. The van der Waals surface area contributed by atoms with Crippen molar-refractivity contribution in [3.05, 3.63) is 23.9 Å². The highest BCUT2D eigenvalue weighted by Gasteiger charge is 2.27. The van der Waals surface area contributed by atoms with E-state index in [1.165, 1.54) is 0 Å². The molecule has 1 aliphatic rings. The van der Waals surface area contributed by atoms with Gasteiger partial charge in [-0.3, -0.25) is 0 Å². The maximum absolute atomic E-state index is 8.88. The number of anilines is 1. The second kappa shape index (κ2) is 3.64. The molecule has 0 saturated carbocycles. The molecule has 72 valence electrons. The first kappa shape index (κ1) is 8.97. The molecule has 2 rings (SSSR count). The Bertz CT molecular complexity index is 363. The van der Waals surface area contributed by atoms with E-state index in [0.717, 1.165) is 18.9 Å². The Balaban J connectivity index is 2.15. The lowest BCUT2D eigenvalue weighted by Gasteiger charge is -2.40. The summed E-state index contributed by atoms with van der Waals surface area (Å²) in [6, 6.07) is 6.27. The van der Waals surface area contributed by atoms with Crippen molar-refractivity contribution in [2.45, 2.75) is 6.04 Å². The number of pyridine rings is 1. The molecule has 1 fully saturated rings. The molecule has 1 aromatic heterocycles. The van der Waals surface area contributed by atoms with Crippen LogP contribution in [0.1, 0.15) is 5.56 Å². The predicted molar refractivity (Wildman–Crippen MR) is 54.0 cm³/mol. The van der Waals surface area contributed by atoms with Gasteiger partial charge in [-0.05, 0) is 19.2 Å². The quantitative estimate of drug-likeness (QED) is 0.728. The highest BCUT2D eigenvalue weighted by molar-refractivity contribution is 5.55. The molecule has 0 radical (unpaired) electrons. The van der Waals surface area contributed by atoms with Gasteiger partial charge in [0.25, 0.3) is 0 Å². The maximum Gasteiger partial charge on any atom is 0.146 e. The molecule has 1 aromatic rings. The topological polar surface area (TPSA) is 52.0 Å². The van der Waals surface area contributed by atoms with Crippen LogP contribution in [0.15, 0.2) is 18.3 Å². The van der Waals surface area contributed by atoms with Crippen molar-refractivity contribution >= 4 is 5.82 Å². The third-order valence-corrected chi connectivity index (χ3v) is 2.50. The van der Waals surface area contributed by atoms with Crippen molar-refractivity contribution in [2.75, 3.05) is 25.0 Å². The zero-order valence-corrected chi connectivity index (χ0v) is 8.07. The Morgan fingerprint density at radius 1 is 1.64 bits per heavy atom. The van der Waals surface area contributed by atoms with Crippen LogP contribution >= 0.6 is 0 Å². The van der Waals surface area contributed by atoms with Crippen LogP contribution in [0, 0.1) is 11.3 Å². The number of nitriles is 1. The van der Waals surface area contributed by atoms with Crippen LogP contribution in [0.25, 0.3) is 0 Å². The molecular formula is C10H12N4. The van der Waals surface area contributed by atoms with Crippen LogP contribution in [0.2, 0.25) is 0 Å². The maximum atomic E-state index is 8.88. The molecule has 0 aliphatic carbocycles. The highest BCUT2D eigenvalue weighted by atomic mass is 15.3. The minimum absolute atomic E-state index is 0.531. The highest BCUT2D eigenvalue weighted by Crippen LogP contribution is 2.21. The van der Waals surface area contributed by atoms with Crippen molar-refractivity contribution in [3.8, 4) is 6.07 Å². The van der Waals surface area contributed by atoms with Crippen molar-refractivity contribution in [1.82, 2.24) is 10.3 Å². The summed E-state index contributed by atoms with van der Waals surface area (Å²) in [5.41, 5.74) is 0.655.